The summed E-state index contributed by atoms with van der Waals surface area (Å²) >= 11 is 0. The zero-order valence-electron chi connectivity index (χ0n) is 60.4. The summed E-state index contributed by atoms with van der Waals surface area (Å²) in [6.07, 6.45) is 73.8. The fourth-order valence-corrected chi connectivity index (χ4v) is 12.6. The Morgan fingerprint density at radius 2 is 0.737 bits per heavy atom. The van der Waals surface area contributed by atoms with Crippen LogP contribution in [0.2, 0.25) is 0 Å². The standard InChI is InChI=1S/C81H145NO13/c1-3-5-7-9-11-13-15-17-19-21-23-25-27-28-29-30-31-32-33-34-35-36-37-38-39-40-41-42-43-45-47-49-51-53-55-57-59-61-63-65-73(86)82-69(68-92-80-78(91)76(89)79(72(67-84)94-80)95-81-77(90)75(88)74(87)71(66-83)93-81)70(85)64-62-60-58-56-54-52-50-48-46-44-26-24-22-20-18-16-14-12-10-8-6-4-2/h5,7,11,13,17,19,23,25,28-29,54,56,62,64,69-72,74-81,83-85,87-91H,3-4,6,8-10,12,14-16,18,20-22,24,26-27,30-53,55,57-61,63,65-68H2,1-2H3,(H,82,86)/b7-5-,13-11-,19-17-,25-23-,29-28-,56-54+,64-62+. The fraction of sp³-hybridized carbons (Fsp3) is 0.815. The number of carbonyl (C=O) groups excluding carboxylic acids is 1. The third-order valence-corrected chi connectivity index (χ3v) is 18.8. The lowest BCUT2D eigenvalue weighted by Gasteiger charge is -2.46. The number of ether oxygens (including phenoxy) is 4. The molecule has 2 rings (SSSR count). The van der Waals surface area contributed by atoms with Gasteiger partial charge in [0.2, 0.25) is 5.91 Å². The molecular formula is C81H145NO13. The van der Waals surface area contributed by atoms with Crippen LogP contribution in [-0.2, 0) is 23.7 Å². The first kappa shape index (κ1) is 88.3. The summed E-state index contributed by atoms with van der Waals surface area (Å²) in [5.74, 6) is -0.245. The van der Waals surface area contributed by atoms with Crippen LogP contribution in [0.3, 0.4) is 0 Å². The van der Waals surface area contributed by atoms with Gasteiger partial charge < -0.3 is 65.1 Å². The second kappa shape index (κ2) is 64.5. The molecule has 0 aromatic rings. The summed E-state index contributed by atoms with van der Waals surface area (Å²) in [6.45, 7) is 2.71. The van der Waals surface area contributed by atoms with Crippen molar-refractivity contribution in [2.24, 2.45) is 0 Å². The van der Waals surface area contributed by atoms with Crippen molar-refractivity contribution in [3.63, 3.8) is 0 Å². The van der Waals surface area contributed by atoms with Crippen LogP contribution in [0.1, 0.15) is 328 Å². The summed E-state index contributed by atoms with van der Waals surface area (Å²) in [4.78, 5) is 13.4. The Hall–Kier alpha value is -2.83. The van der Waals surface area contributed by atoms with Gasteiger partial charge in [0.05, 0.1) is 32.0 Å². The number of rotatable bonds is 65. The van der Waals surface area contributed by atoms with Crippen LogP contribution in [0.15, 0.2) is 85.1 Å². The first-order chi connectivity index (χ1) is 46.6. The van der Waals surface area contributed by atoms with Gasteiger partial charge in [0.15, 0.2) is 12.6 Å². The third kappa shape index (κ3) is 47.8. The van der Waals surface area contributed by atoms with Gasteiger partial charge in [-0.2, -0.15) is 0 Å². The van der Waals surface area contributed by atoms with Crippen molar-refractivity contribution in [1.82, 2.24) is 5.32 Å². The number of allylic oxidation sites excluding steroid dienone is 13. The molecule has 1 amide bonds. The molecule has 0 radical (unpaired) electrons. The average Bonchev–Trinajstić information content (AvgIpc) is 0.801. The number of hydrogen-bond donors (Lipinski definition) is 9. The molecule has 2 aliphatic heterocycles. The van der Waals surface area contributed by atoms with E-state index in [-0.39, 0.29) is 18.9 Å². The molecule has 552 valence electrons. The lowest BCUT2D eigenvalue weighted by atomic mass is 9.97. The van der Waals surface area contributed by atoms with Gasteiger partial charge >= 0.3 is 0 Å². The molecule has 0 aromatic carbocycles. The Bertz CT molecular complexity index is 1920. The molecule has 2 heterocycles. The summed E-state index contributed by atoms with van der Waals surface area (Å²) in [6, 6.07) is -0.934. The fourth-order valence-electron chi connectivity index (χ4n) is 12.6. The molecule has 0 spiro atoms. The van der Waals surface area contributed by atoms with Crippen molar-refractivity contribution in [1.29, 1.82) is 0 Å². The zero-order valence-corrected chi connectivity index (χ0v) is 60.4. The highest BCUT2D eigenvalue weighted by Crippen LogP contribution is 2.30. The predicted octanol–water partition coefficient (Wildman–Crippen LogP) is 17.5. The molecule has 2 fully saturated rings. The number of aliphatic hydroxyl groups is 8. The molecule has 0 saturated carbocycles. The number of unbranched alkanes of at least 4 members (excludes halogenated alkanes) is 40. The lowest BCUT2D eigenvalue weighted by Crippen LogP contribution is -2.65. The first-order valence-corrected chi connectivity index (χ1v) is 39.3. The molecule has 0 aromatic heterocycles. The Morgan fingerprint density at radius 1 is 0.389 bits per heavy atom. The Morgan fingerprint density at radius 3 is 1.16 bits per heavy atom. The molecule has 9 N–H and O–H groups in total. The number of aliphatic hydroxyl groups excluding tert-OH is 8. The van der Waals surface area contributed by atoms with E-state index in [4.69, 9.17) is 18.9 Å². The second-order valence-corrected chi connectivity index (χ2v) is 27.4. The molecular weight excluding hydrogens is 1190 g/mol. The Kier molecular flexibility index (Phi) is 60.0. The van der Waals surface area contributed by atoms with E-state index in [0.717, 1.165) is 64.2 Å². The average molecular weight is 1340 g/mol. The van der Waals surface area contributed by atoms with Gasteiger partial charge in [0.25, 0.3) is 0 Å². The Balaban J connectivity index is 1.59. The van der Waals surface area contributed by atoms with Crippen molar-refractivity contribution < 1.29 is 64.6 Å². The van der Waals surface area contributed by atoms with Crippen LogP contribution in [0.5, 0.6) is 0 Å². The summed E-state index contributed by atoms with van der Waals surface area (Å²) in [7, 11) is 0. The van der Waals surface area contributed by atoms with Crippen molar-refractivity contribution in [3.05, 3.63) is 85.1 Å². The van der Waals surface area contributed by atoms with Crippen LogP contribution in [0, 0.1) is 0 Å². The molecule has 14 heteroatoms. The van der Waals surface area contributed by atoms with Gasteiger partial charge in [-0.25, -0.2) is 0 Å². The van der Waals surface area contributed by atoms with Gasteiger partial charge in [0, 0.05) is 6.42 Å². The van der Waals surface area contributed by atoms with E-state index in [9.17, 15) is 45.6 Å². The van der Waals surface area contributed by atoms with E-state index in [2.05, 4.69) is 92.1 Å². The van der Waals surface area contributed by atoms with Crippen molar-refractivity contribution >= 4 is 5.91 Å². The van der Waals surface area contributed by atoms with E-state index in [1.807, 2.05) is 6.08 Å². The smallest absolute Gasteiger partial charge is 0.220 e. The van der Waals surface area contributed by atoms with Gasteiger partial charge in [-0.3, -0.25) is 4.79 Å². The van der Waals surface area contributed by atoms with E-state index < -0.39 is 86.8 Å². The van der Waals surface area contributed by atoms with E-state index in [0.29, 0.717) is 12.8 Å². The number of carbonyl (C=O) groups is 1. The number of hydrogen-bond acceptors (Lipinski definition) is 13. The highest BCUT2D eigenvalue weighted by Gasteiger charge is 2.51. The van der Waals surface area contributed by atoms with Crippen molar-refractivity contribution in [2.45, 2.75) is 402 Å². The third-order valence-electron chi connectivity index (χ3n) is 18.8. The monoisotopic (exact) mass is 1340 g/mol. The normalized spacial score (nSPS) is 22.8. The zero-order chi connectivity index (χ0) is 68.7. The molecule has 12 unspecified atom stereocenters. The van der Waals surface area contributed by atoms with Gasteiger partial charge in [-0.15, -0.1) is 0 Å². The van der Waals surface area contributed by atoms with Gasteiger partial charge in [-0.05, 0) is 77.0 Å². The lowest BCUT2D eigenvalue weighted by molar-refractivity contribution is -0.359. The predicted molar refractivity (Wildman–Crippen MR) is 392 cm³/mol. The summed E-state index contributed by atoms with van der Waals surface area (Å²) in [5.41, 5.74) is 0. The molecule has 2 aliphatic rings. The van der Waals surface area contributed by atoms with Crippen LogP contribution in [-0.4, -0.2) is 140 Å². The highest BCUT2D eigenvalue weighted by atomic mass is 16.7. The van der Waals surface area contributed by atoms with Crippen LogP contribution >= 0.6 is 0 Å². The Labute approximate surface area is 580 Å². The summed E-state index contributed by atoms with van der Waals surface area (Å²) in [5, 5.41) is 87.6. The second-order valence-electron chi connectivity index (χ2n) is 27.4. The maximum absolute atomic E-state index is 13.4. The van der Waals surface area contributed by atoms with Crippen LogP contribution < -0.4 is 5.32 Å². The number of nitrogens with one attached hydrogen (secondary N) is 1. The molecule has 2 saturated heterocycles. The van der Waals surface area contributed by atoms with E-state index in [1.165, 1.54) is 231 Å². The van der Waals surface area contributed by atoms with E-state index in [1.54, 1.807) is 6.08 Å². The topological polar surface area (TPSA) is 228 Å². The molecule has 12 atom stereocenters. The summed E-state index contributed by atoms with van der Waals surface area (Å²) < 4.78 is 22.9. The van der Waals surface area contributed by atoms with Crippen molar-refractivity contribution in [3.8, 4) is 0 Å². The first-order valence-electron chi connectivity index (χ1n) is 39.3. The minimum absolute atomic E-state index is 0.245. The molecule has 0 bridgehead atoms. The van der Waals surface area contributed by atoms with E-state index >= 15 is 0 Å². The maximum atomic E-state index is 13.4. The highest BCUT2D eigenvalue weighted by molar-refractivity contribution is 5.76. The maximum Gasteiger partial charge on any atom is 0.220 e. The quantitative estimate of drug-likeness (QED) is 0.0204. The van der Waals surface area contributed by atoms with Gasteiger partial charge in [-0.1, -0.05) is 330 Å². The largest absolute Gasteiger partial charge is 0.394 e. The number of amides is 1. The van der Waals surface area contributed by atoms with Gasteiger partial charge in [0.1, 0.15) is 48.8 Å². The van der Waals surface area contributed by atoms with Crippen molar-refractivity contribution in [2.75, 3.05) is 19.8 Å². The SMILES string of the molecule is CC/C=C\C/C=C\C/C=C\C/C=C\C/C=C\CCCCCCCCCCCCCCCCCCCCCCCCCC(=O)NC(COC1OC(CO)C(OC2OC(CO)C(O)C(O)C2O)C(O)C1O)C(O)/C=C/CC/C=C/CCCCCCCCCCCCCCCCCC. The molecule has 0 aliphatic carbocycles. The van der Waals surface area contributed by atoms with Crippen LogP contribution in [0.25, 0.3) is 0 Å². The van der Waals surface area contributed by atoms with Crippen LogP contribution in [0.4, 0.5) is 0 Å². The molecule has 95 heavy (non-hydrogen) atoms. The minimum Gasteiger partial charge on any atom is -0.394 e. The minimum atomic E-state index is -1.79. The molecule has 14 nitrogen and oxygen atoms in total.